The summed E-state index contributed by atoms with van der Waals surface area (Å²) in [6.45, 7) is 9.98. The van der Waals surface area contributed by atoms with Crippen molar-refractivity contribution in [2.45, 2.75) is 44.4 Å². The Bertz CT molecular complexity index is 1200. The van der Waals surface area contributed by atoms with Crippen LogP contribution in [0.4, 0.5) is 11.4 Å². The van der Waals surface area contributed by atoms with Gasteiger partial charge in [0.05, 0.1) is 19.8 Å². The van der Waals surface area contributed by atoms with Gasteiger partial charge in [-0.05, 0) is 62.4 Å². The predicted molar refractivity (Wildman–Crippen MR) is 131 cm³/mol. The van der Waals surface area contributed by atoms with E-state index in [0.29, 0.717) is 68.0 Å². The van der Waals surface area contributed by atoms with Crippen molar-refractivity contribution in [3.8, 4) is 5.75 Å². The zero-order chi connectivity index (χ0) is 25.0. The first-order valence-electron chi connectivity index (χ1n) is 11.9. The molecule has 2 N–H and O–H groups in total. The summed E-state index contributed by atoms with van der Waals surface area (Å²) in [6, 6.07) is 10.6. The fourth-order valence-electron chi connectivity index (χ4n) is 4.88. The molecule has 1 aliphatic heterocycles. The van der Waals surface area contributed by atoms with E-state index in [1.54, 1.807) is 38.2 Å². The van der Waals surface area contributed by atoms with Gasteiger partial charge in [-0.2, -0.15) is 0 Å². The summed E-state index contributed by atoms with van der Waals surface area (Å²) in [6.07, 6.45) is 2.83. The van der Waals surface area contributed by atoms with E-state index in [9.17, 15) is 14.4 Å². The fraction of sp³-hybridized carbons (Fsp3) is 0.407. The number of carbonyl (C=O) groups excluding carboxylic acids is 3. The van der Waals surface area contributed by atoms with Gasteiger partial charge in [-0.3, -0.25) is 14.4 Å². The summed E-state index contributed by atoms with van der Waals surface area (Å²) in [5.74, 6) is -0.0800. The van der Waals surface area contributed by atoms with Crippen LogP contribution in [0.1, 0.15) is 54.1 Å². The molecule has 1 saturated carbocycles. The van der Waals surface area contributed by atoms with Crippen LogP contribution in [0.2, 0.25) is 0 Å². The van der Waals surface area contributed by atoms with Crippen molar-refractivity contribution < 1.29 is 23.9 Å². The molecule has 8 heteroatoms. The maximum absolute atomic E-state index is 13.4. The first-order chi connectivity index (χ1) is 16.9. The Kier molecular flexibility index (Phi) is 7.06. The molecule has 0 unspecified atom stereocenters. The van der Waals surface area contributed by atoms with Gasteiger partial charge in [0.25, 0.3) is 5.91 Å². The van der Waals surface area contributed by atoms with Crippen molar-refractivity contribution in [3.05, 3.63) is 64.5 Å². The van der Waals surface area contributed by atoms with Gasteiger partial charge in [-0.15, -0.1) is 0 Å². The fourth-order valence-corrected chi connectivity index (χ4v) is 4.88. The van der Waals surface area contributed by atoms with Crippen molar-refractivity contribution in [1.82, 2.24) is 5.32 Å². The minimum Gasteiger partial charge on any atom is -0.493 e. The molecule has 2 aromatic rings. The van der Waals surface area contributed by atoms with Crippen LogP contribution in [0.3, 0.4) is 0 Å². The van der Waals surface area contributed by atoms with Crippen LogP contribution in [0, 0.1) is 12.5 Å². The van der Waals surface area contributed by atoms with Gasteiger partial charge in [0, 0.05) is 41.6 Å². The molecule has 2 amide bonds. The SMILES string of the molecule is [C-]#[N+]c1ccc(CCCC(=O)OCC)c(NC(=O)[C@@H]2C[C@]23CCOc2ccc(C(=O)NC)cc23)c1. The minimum absolute atomic E-state index is 0.114. The summed E-state index contributed by atoms with van der Waals surface area (Å²) in [4.78, 5) is 40.7. The van der Waals surface area contributed by atoms with Crippen molar-refractivity contribution in [2.75, 3.05) is 25.6 Å². The second-order valence-corrected chi connectivity index (χ2v) is 8.90. The van der Waals surface area contributed by atoms with E-state index in [1.807, 2.05) is 12.1 Å². The third kappa shape index (κ3) is 4.99. The third-order valence-corrected chi connectivity index (χ3v) is 6.82. The predicted octanol–water partition coefficient (Wildman–Crippen LogP) is 4.16. The lowest BCUT2D eigenvalue weighted by atomic mass is 9.86. The van der Waals surface area contributed by atoms with Gasteiger partial charge in [-0.1, -0.05) is 12.1 Å². The molecule has 2 aliphatic rings. The molecule has 1 heterocycles. The summed E-state index contributed by atoms with van der Waals surface area (Å²) in [5.41, 5.74) is 2.99. The zero-order valence-electron chi connectivity index (χ0n) is 20.0. The van der Waals surface area contributed by atoms with E-state index in [2.05, 4.69) is 15.5 Å². The maximum atomic E-state index is 13.4. The first-order valence-corrected chi connectivity index (χ1v) is 11.9. The van der Waals surface area contributed by atoms with Crippen LogP contribution >= 0.6 is 0 Å². The quantitative estimate of drug-likeness (QED) is 0.441. The molecule has 0 aromatic heterocycles. The van der Waals surface area contributed by atoms with E-state index in [4.69, 9.17) is 16.0 Å². The second-order valence-electron chi connectivity index (χ2n) is 8.90. The van der Waals surface area contributed by atoms with E-state index in [0.717, 1.165) is 11.1 Å². The molecule has 0 bridgehead atoms. The van der Waals surface area contributed by atoms with E-state index >= 15 is 0 Å². The number of esters is 1. The Morgan fingerprint density at radius 2 is 2.06 bits per heavy atom. The number of anilines is 1. The Morgan fingerprint density at radius 1 is 1.23 bits per heavy atom. The molecule has 4 rings (SSSR count). The zero-order valence-corrected chi connectivity index (χ0v) is 20.0. The molecule has 182 valence electrons. The average Bonchev–Trinajstić information content (AvgIpc) is 3.59. The second kappa shape index (κ2) is 10.2. The van der Waals surface area contributed by atoms with Gasteiger partial charge in [-0.25, -0.2) is 4.85 Å². The molecule has 2 atom stereocenters. The molecule has 0 radical (unpaired) electrons. The van der Waals surface area contributed by atoms with Crippen molar-refractivity contribution in [3.63, 3.8) is 0 Å². The number of aryl methyl sites for hydroxylation is 1. The van der Waals surface area contributed by atoms with E-state index < -0.39 is 0 Å². The average molecular weight is 476 g/mol. The van der Waals surface area contributed by atoms with Crippen LogP contribution in [-0.2, 0) is 26.2 Å². The number of nitrogens with zero attached hydrogens (tertiary/aromatic N) is 1. The number of rotatable bonds is 8. The smallest absolute Gasteiger partial charge is 0.305 e. The van der Waals surface area contributed by atoms with Crippen LogP contribution in [0.25, 0.3) is 4.85 Å². The lowest BCUT2D eigenvalue weighted by molar-refractivity contribution is -0.143. The van der Waals surface area contributed by atoms with E-state index in [1.165, 1.54) is 0 Å². The topological polar surface area (TPSA) is 98.1 Å². The van der Waals surface area contributed by atoms with Crippen LogP contribution in [0.15, 0.2) is 36.4 Å². The van der Waals surface area contributed by atoms with E-state index in [-0.39, 0.29) is 29.1 Å². The summed E-state index contributed by atoms with van der Waals surface area (Å²) in [5, 5.41) is 5.68. The Balaban J connectivity index is 1.51. The molecule has 8 nitrogen and oxygen atoms in total. The number of fused-ring (bicyclic) bond motifs is 2. The lowest BCUT2D eigenvalue weighted by Crippen LogP contribution is -2.28. The molecule has 1 fully saturated rings. The highest BCUT2D eigenvalue weighted by atomic mass is 16.5. The minimum atomic E-state index is -0.358. The van der Waals surface area contributed by atoms with Gasteiger partial charge in [0.1, 0.15) is 5.75 Å². The first kappa shape index (κ1) is 24.3. The maximum Gasteiger partial charge on any atom is 0.305 e. The van der Waals surface area contributed by atoms with Crippen LogP contribution < -0.4 is 15.4 Å². The van der Waals surface area contributed by atoms with Gasteiger partial charge in [0.2, 0.25) is 5.91 Å². The van der Waals surface area contributed by atoms with Crippen LogP contribution in [0.5, 0.6) is 5.75 Å². The summed E-state index contributed by atoms with van der Waals surface area (Å²) < 4.78 is 10.8. The highest BCUT2D eigenvalue weighted by Gasteiger charge is 2.61. The molecular formula is C27H29N3O5. The summed E-state index contributed by atoms with van der Waals surface area (Å²) in [7, 11) is 1.59. The number of hydrogen-bond acceptors (Lipinski definition) is 5. The highest BCUT2D eigenvalue weighted by Crippen LogP contribution is 2.61. The number of amides is 2. The normalized spacial score (nSPS) is 19.6. The number of carbonyl (C=O) groups is 3. The number of hydrogen-bond donors (Lipinski definition) is 2. The van der Waals surface area contributed by atoms with Crippen LogP contribution in [-0.4, -0.2) is 38.0 Å². The Morgan fingerprint density at radius 3 is 2.80 bits per heavy atom. The van der Waals surface area contributed by atoms with Gasteiger partial charge < -0.3 is 20.1 Å². The number of ether oxygens (including phenoxy) is 2. The van der Waals surface area contributed by atoms with Crippen molar-refractivity contribution in [1.29, 1.82) is 0 Å². The molecule has 35 heavy (non-hydrogen) atoms. The standard InChI is InChI=1S/C27H29N3O5/c1-4-34-24(31)7-5-6-17-8-10-19(28-2)15-22(17)30-26(33)21-16-27(21)12-13-35-23-11-9-18(14-20(23)27)25(32)29-3/h8-11,14-15,21H,4-7,12-13,16H2,1,3H3,(H,29,32)(H,30,33)/t21-,27-/m0/s1. The molecule has 2 aromatic carbocycles. The summed E-state index contributed by atoms with van der Waals surface area (Å²) >= 11 is 0. The Hall–Kier alpha value is -3.86. The largest absolute Gasteiger partial charge is 0.493 e. The van der Waals surface area contributed by atoms with Gasteiger partial charge >= 0.3 is 5.97 Å². The molecule has 1 aliphatic carbocycles. The number of benzene rings is 2. The number of nitrogens with one attached hydrogen (secondary N) is 2. The monoisotopic (exact) mass is 475 g/mol. The molecular weight excluding hydrogens is 446 g/mol. The van der Waals surface area contributed by atoms with Crippen molar-refractivity contribution >= 4 is 29.2 Å². The molecule has 0 saturated heterocycles. The van der Waals surface area contributed by atoms with Crippen molar-refractivity contribution in [2.24, 2.45) is 5.92 Å². The third-order valence-electron chi connectivity index (χ3n) is 6.82. The molecule has 1 spiro atoms. The van der Waals surface area contributed by atoms with Gasteiger partial charge in [0.15, 0.2) is 5.69 Å². The lowest BCUT2D eigenvalue weighted by Gasteiger charge is -2.27. The highest BCUT2D eigenvalue weighted by molar-refractivity contribution is 5.98. The Labute approximate surface area is 204 Å².